The maximum atomic E-state index is 5.91. The fraction of sp³-hybridized carbons (Fsp3) is 0.600. The quantitative estimate of drug-likeness (QED) is 0.893. The van der Waals surface area contributed by atoms with E-state index in [1.54, 1.807) is 7.11 Å². The number of ether oxygens (including phenoxy) is 2. The van der Waals surface area contributed by atoms with Crippen LogP contribution in [0.2, 0.25) is 0 Å². The fourth-order valence-corrected chi connectivity index (χ4v) is 2.05. The SMILES string of the molecule is COc1cc2c(cc1OCC(C)(C)C)CNCC2. The van der Waals surface area contributed by atoms with Crippen molar-refractivity contribution in [2.24, 2.45) is 5.41 Å². The van der Waals surface area contributed by atoms with Gasteiger partial charge in [0.2, 0.25) is 0 Å². The molecule has 0 fully saturated rings. The molecule has 2 rings (SSSR count). The van der Waals surface area contributed by atoms with E-state index < -0.39 is 0 Å². The monoisotopic (exact) mass is 249 g/mol. The van der Waals surface area contributed by atoms with Crippen LogP contribution in [0.15, 0.2) is 12.1 Å². The Morgan fingerprint density at radius 2 is 1.89 bits per heavy atom. The molecule has 1 aliphatic heterocycles. The van der Waals surface area contributed by atoms with Gasteiger partial charge in [0, 0.05) is 6.54 Å². The summed E-state index contributed by atoms with van der Waals surface area (Å²) in [4.78, 5) is 0. The first-order valence-corrected chi connectivity index (χ1v) is 6.53. The number of fused-ring (bicyclic) bond motifs is 1. The van der Waals surface area contributed by atoms with Crippen molar-refractivity contribution in [2.75, 3.05) is 20.3 Å². The molecule has 0 aliphatic carbocycles. The zero-order valence-corrected chi connectivity index (χ0v) is 11.8. The van der Waals surface area contributed by atoms with Gasteiger partial charge in [-0.15, -0.1) is 0 Å². The second kappa shape index (κ2) is 5.19. The zero-order valence-electron chi connectivity index (χ0n) is 11.8. The first-order chi connectivity index (χ1) is 8.49. The van der Waals surface area contributed by atoms with E-state index in [0.29, 0.717) is 6.61 Å². The third kappa shape index (κ3) is 3.16. The van der Waals surface area contributed by atoms with Crippen molar-refractivity contribution in [3.05, 3.63) is 23.3 Å². The van der Waals surface area contributed by atoms with Crippen molar-refractivity contribution in [3.63, 3.8) is 0 Å². The lowest BCUT2D eigenvalue weighted by Gasteiger charge is -2.23. The molecule has 0 spiro atoms. The minimum Gasteiger partial charge on any atom is -0.493 e. The summed E-state index contributed by atoms with van der Waals surface area (Å²) in [6, 6.07) is 4.24. The Kier molecular flexibility index (Phi) is 3.81. The van der Waals surface area contributed by atoms with Crippen molar-refractivity contribution in [1.82, 2.24) is 5.32 Å². The standard InChI is InChI=1S/C15H23NO2/c1-15(2,3)10-18-14-8-12-9-16-6-5-11(12)7-13(14)17-4/h7-8,16H,5-6,9-10H2,1-4H3. The van der Waals surface area contributed by atoms with Crippen LogP contribution in [0.1, 0.15) is 31.9 Å². The molecule has 1 heterocycles. The summed E-state index contributed by atoms with van der Waals surface area (Å²) < 4.78 is 11.3. The largest absolute Gasteiger partial charge is 0.493 e. The Morgan fingerprint density at radius 3 is 2.56 bits per heavy atom. The van der Waals surface area contributed by atoms with Gasteiger partial charge in [-0.25, -0.2) is 0 Å². The van der Waals surface area contributed by atoms with Gasteiger partial charge in [-0.3, -0.25) is 0 Å². The summed E-state index contributed by atoms with van der Waals surface area (Å²) >= 11 is 0. The number of nitrogens with one attached hydrogen (secondary N) is 1. The summed E-state index contributed by atoms with van der Waals surface area (Å²) in [7, 11) is 1.70. The highest BCUT2D eigenvalue weighted by molar-refractivity contribution is 5.48. The topological polar surface area (TPSA) is 30.5 Å². The van der Waals surface area contributed by atoms with Gasteiger partial charge in [-0.2, -0.15) is 0 Å². The minimum absolute atomic E-state index is 0.152. The maximum absolute atomic E-state index is 5.91. The van der Waals surface area contributed by atoms with Crippen LogP contribution in [0.3, 0.4) is 0 Å². The Hall–Kier alpha value is -1.22. The lowest BCUT2D eigenvalue weighted by molar-refractivity contribution is 0.191. The third-order valence-electron chi connectivity index (χ3n) is 3.03. The predicted octanol–water partition coefficient (Wildman–Crippen LogP) is 2.77. The predicted molar refractivity (Wildman–Crippen MR) is 73.4 cm³/mol. The zero-order chi connectivity index (χ0) is 13.2. The van der Waals surface area contributed by atoms with E-state index in [1.165, 1.54) is 11.1 Å². The minimum atomic E-state index is 0.152. The molecular weight excluding hydrogens is 226 g/mol. The molecule has 3 nitrogen and oxygen atoms in total. The van der Waals surface area contributed by atoms with Gasteiger partial charge in [0.05, 0.1) is 13.7 Å². The van der Waals surface area contributed by atoms with E-state index in [-0.39, 0.29) is 5.41 Å². The molecule has 3 heteroatoms. The molecule has 1 aliphatic rings. The Bertz CT molecular complexity index is 421. The lowest BCUT2D eigenvalue weighted by atomic mass is 9.98. The molecule has 0 unspecified atom stereocenters. The molecule has 0 bridgehead atoms. The Balaban J connectivity index is 2.22. The van der Waals surface area contributed by atoms with Crippen molar-refractivity contribution in [2.45, 2.75) is 33.7 Å². The Morgan fingerprint density at radius 1 is 1.17 bits per heavy atom. The first-order valence-electron chi connectivity index (χ1n) is 6.53. The average Bonchev–Trinajstić information content (AvgIpc) is 2.34. The molecule has 0 aromatic heterocycles. The van der Waals surface area contributed by atoms with Crippen LogP contribution in [0.25, 0.3) is 0 Å². The lowest BCUT2D eigenvalue weighted by Crippen LogP contribution is -2.24. The molecule has 1 aromatic rings. The molecule has 18 heavy (non-hydrogen) atoms. The summed E-state index contributed by atoms with van der Waals surface area (Å²) in [6.07, 6.45) is 1.06. The average molecular weight is 249 g/mol. The number of hydrogen-bond acceptors (Lipinski definition) is 3. The van der Waals surface area contributed by atoms with E-state index >= 15 is 0 Å². The molecule has 0 saturated heterocycles. The normalized spacial score (nSPS) is 15.1. The van der Waals surface area contributed by atoms with Crippen molar-refractivity contribution < 1.29 is 9.47 Å². The fourth-order valence-electron chi connectivity index (χ4n) is 2.05. The molecule has 100 valence electrons. The van der Waals surface area contributed by atoms with Crippen molar-refractivity contribution in [3.8, 4) is 11.5 Å². The smallest absolute Gasteiger partial charge is 0.161 e. The second-order valence-corrected chi connectivity index (χ2v) is 6.05. The first kappa shape index (κ1) is 13.2. The number of rotatable bonds is 3. The van der Waals surface area contributed by atoms with Gasteiger partial charge >= 0.3 is 0 Å². The maximum Gasteiger partial charge on any atom is 0.161 e. The van der Waals surface area contributed by atoms with Gasteiger partial charge in [-0.1, -0.05) is 20.8 Å². The van der Waals surface area contributed by atoms with Gasteiger partial charge in [0.15, 0.2) is 11.5 Å². The van der Waals surface area contributed by atoms with Crippen LogP contribution in [-0.2, 0) is 13.0 Å². The van der Waals surface area contributed by atoms with Crippen LogP contribution in [0, 0.1) is 5.41 Å². The summed E-state index contributed by atoms with van der Waals surface area (Å²) in [5.41, 5.74) is 2.85. The van der Waals surface area contributed by atoms with Gasteiger partial charge < -0.3 is 14.8 Å². The summed E-state index contributed by atoms with van der Waals surface area (Å²) in [5, 5.41) is 3.38. The van der Waals surface area contributed by atoms with Crippen LogP contribution in [0.4, 0.5) is 0 Å². The van der Waals surface area contributed by atoms with Crippen molar-refractivity contribution in [1.29, 1.82) is 0 Å². The highest BCUT2D eigenvalue weighted by Gasteiger charge is 2.17. The van der Waals surface area contributed by atoms with Crippen LogP contribution >= 0.6 is 0 Å². The van der Waals surface area contributed by atoms with Crippen LogP contribution in [-0.4, -0.2) is 20.3 Å². The molecule has 1 aromatic carbocycles. The molecule has 0 saturated carbocycles. The van der Waals surface area contributed by atoms with Gasteiger partial charge in [0.1, 0.15) is 0 Å². The van der Waals surface area contributed by atoms with E-state index in [9.17, 15) is 0 Å². The third-order valence-corrected chi connectivity index (χ3v) is 3.03. The summed E-state index contributed by atoms with van der Waals surface area (Å²) in [5.74, 6) is 1.70. The van der Waals surface area contributed by atoms with E-state index in [0.717, 1.165) is 31.0 Å². The van der Waals surface area contributed by atoms with E-state index in [2.05, 4.69) is 38.2 Å². The number of benzene rings is 1. The van der Waals surface area contributed by atoms with E-state index in [4.69, 9.17) is 9.47 Å². The molecule has 0 atom stereocenters. The molecule has 0 radical (unpaired) electrons. The van der Waals surface area contributed by atoms with Gasteiger partial charge in [-0.05, 0) is 41.6 Å². The van der Waals surface area contributed by atoms with Crippen LogP contribution < -0.4 is 14.8 Å². The van der Waals surface area contributed by atoms with Gasteiger partial charge in [0.25, 0.3) is 0 Å². The molecule has 0 amide bonds. The highest BCUT2D eigenvalue weighted by Crippen LogP contribution is 2.33. The summed E-state index contributed by atoms with van der Waals surface area (Å²) in [6.45, 7) is 9.15. The Labute approximate surface area is 109 Å². The van der Waals surface area contributed by atoms with E-state index in [1.807, 2.05) is 0 Å². The van der Waals surface area contributed by atoms with Crippen LogP contribution in [0.5, 0.6) is 11.5 Å². The van der Waals surface area contributed by atoms with Crippen molar-refractivity contribution >= 4 is 0 Å². The second-order valence-electron chi connectivity index (χ2n) is 6.05. The highest BCUT2D eigenvalue weighted by atomic mass is 16.5. The number of methoxy groups -OCH3 is 1. The molecular formula is C15H23NO2. The molecule has 1 N–H and O–H groups in total. The number of hydrogen-bond donors (Lipinski definition) is 1.